The summed E-state index contributed by atoms with van der Waals surface area (Å²) in [6.07, 6.45) is 0.512. The number of piperidine rings is 1. The lowest BCUT2D eigenvalue weighted by molar-refractivity contribution is -0.150. The highest BCUT2D eigenvalue weighted by Crippen LogP contribution is 2.25. The zero-order chi connectivity index (χ0) is 23.4. The molecule has 0 amide bonds. The number of aliphatic hydroxyl groups excluding tert-OH is 1. The molecule has 0 radical (unpaired) electrons. The minimum absolute atomic E-state index is 0.501. The van der Waals surface area contributed by atoms with Gasteiger partial charge in [-0.25, -0.2) is 0 Å². The Kier molecular flexibility index (Phi) is 6.93. The van der Waals surface area contributed by atoms with Crippen molar-refractivity contribution in [3.8, 4) is 23.0 Å². The molecular formula is C29H29NO3. The number of benzene rings is 3. The minimum Gasteiger partial charge on any atom is -0.480 e. The monoisotopic (exact) mass is 439 g/mol. The maximum atomic E-state index is 11.6. The first-order chi connectivity index (χ1) is 15.9. The van der Waals surface area contributed by atoms with Crippen LogP contribution in [0.25, 0.3) is 11.1 Å². The Balaban J connectivity index is 1.54. The SMILES string of the molecule is Cc1cc(CN2CCCC(O)C2C(=O)O)ccc1C#Cc1cccc(-c2ccccc2)c1C. The summed E-state index contributed by atoms with van der Waals surface area (Å²) >= 11 is 0. The van der Waals surface area contributed by atoms with E-state index in [0.29, 0.717) is 19.5 Å². The second-order valence-corrected chi connectivity index (χ2v) is 8.71. The van der Waals surface area contributed by atoms with E-state index < -0.39 is 18.1 Å². The number of hydrogen-bond acceptors (Lipinski definition) is 3. The van der Waals surface area contributed by atoms with E-state index in [0.717, 1.165) is 34.2 Å². The van der Waals surface area contributed by atoms with Crippen LogP contribution in [-0.2, 0) is 11.3 Å². The fourth-order valence-corrected chi connectivity index (χ4v) is 4.58. The molecule has 3 aromatic rings. The molecule has 0 bridgehead atoms. The molecule has 1 aliphatic heterocycles. The summed E-state index contributed by atoms with van der Waals surface area (Å²) in [6.45, 7) is 5.31. The molecule has 2 unspecified atom stereocenters. The summed E-state index contributed by atoms with van der Waals surface area (Å²) in [5.41, 5.74) is 7.58. The Morgan fingerprint density at radius 3 is 2.48 bits per heavy atom. The van der Waals surface area contributed by atoms with Crippen LogP contribution in [0.15, 0.2) is 66.7 Å². The number of carbonyl (C=O) groups is 1. The lowest BCUT2D eigenvalue weighted by atomic mass is 9.96. The molecule has 4 heteroatoms. The lowest BCUT2D eigenvalue weighted by Gasteiger charge is -2.36. The van der Waals surface area contributed by atoms with Gasteiger partial charge in [-0.05, 0) is 73.2 Å². The van der Waals surface area contributed by atoms with Crippen molar-refractivity contribution in [2.75, 3.05) is 6.54 Å². The lowest BCUT2D eigenvalue weighted by Crippen LogP contribution is -2.52. The van der Waals surface area contributed by atoms with E-state index in [1.54, 1.807) is 0 Å². The first-order valence-electron chi connectivity index (χ1n) is 11.4. The van der Waals surface area contributed by atoms with E-state index in [1.165, 1.54) is 11.1 Å². The van der Waals surface area contributed by atoms with Gasteiger partial charge in [0.05, 0.1) is 6.10 Å². The molecular weight excluding hydrogens is 410 g/mol. The molecule has 168 valence electrons. The summed E-state index contributed by atoms with van der Waals surface area (Å²) in [4.78, 5) is 13.5. The summed E-state index contributed by atoms with van der Waals surface area (Å²) in [7, 11) is 0. The summed E-state index contributed by atoms with van der Waals surface area (Å²) < 4.78 is 0. The van der Waals surface area contributed by atoms with Crippen molar-refractivity contribution in [3.63, 3.8) is 0 Å². The number of aliphatic carboxylic acids is 1. The molecule has 3 aromatic carbocycles. The number of carboxylic acid groups (broad SMARTS) is 1. The normalized spacial score (nSPS) is 18.4. The van der Waals surface area contributed by atoms with Gasteiger partial charge in [0.2, 0.25) is 0 Å². The Bertz CT molecular complexity index is 1210. The van der Waals surface area contributed by atoms with Gasteiger partial charge in [-0.15, -0.1) is 0 Å². The smallest absolute Gasteiger partial charge is 0.323 e. The van der Waals surface area contributed by atoms with Crippen LogP contribution in [0.1, 0.15) is 40.7 Å². The average molecular weight is 440 g/mol. The van der Waals surface area contributed by atoms with E-state index in [2.05, 4.69) is 43.0 Å². The number of carboxylic acids is 1. The van der Waals surface area contributed by atoms with Crippen LogP contribution >= 0.6 is 0 Å². The third-order valence-electron chi connectivity index (χ3n) is 6.38. The maximum Gasteiger partial charge on any atom is 0.323 e. The predicted molar refractivity (Wildman–Crippen MR) is 131 cm³/mol. The highest BCUT2D eigenvalue weighted by molar-refractivity contribution is 5.74. The van der Waals surface area contributed by atoms with E-state index in [-0.39, 0.29) is 0 Å². The van der Waals surface area contributed by atoms with Gasteiger partial charge in [0, 0.05) is 17.7 Å². The van der Waals surface area contributed by atoms with Gasteiger partial charge in [-0.3, -0.25) is 9.69 Å². The van der Waals surface area contributed by atoms with Gasteiger partial charge >= 0.3 is 5.97 Å². The van der Waals surface area contributed by atoms with Crippen LogP contribution in [0.2, 0.25) is 0 Å². The summed E-state index contributed by atoms with van der Waals surface area (Å²) in [5.74, 6) is 5.69. The molecule has 0 saturated carbocycles. The van der Waals surface area contributed by atoms with Gasteiger partial charge in [0.25, 0.3) is 0 Å². The van der Waals surface area contributed by atoms with E-state index in [1.807, 2.05) is 54.3 Å². The van der Waals surface area contributed by atoms with Crippen molar-refractivity contribution in [1.29, 1.82) is 0 Å². The summed E-state index contributed by atoms with van der Waals surface area (Å²) in [6, 6.07) is 21.8. The molecule has 1 aliphatic rings. The van der Waals surface area contributed by atoms with E-state index >= 15 is 0 Å². The Morgan fingerprint density at radius 1 is 1.00 bits per heavy atom. The molecule has 4 rings (SSSR count). The highest BCUT2D eigenvalue weighted by atomic mass is 16.4. The second-order valence-electron chi connectivity index (χ2n) is 8.71. The molecule has 1 saturated heterocycles. The zero-order valence-corrected chi connectivity index (χ0v) is 19.1. The average Bonchev–Trinajstić information content (AvgIpc) is 2.80. The number of likely N-dealkylation sites (tertiary alicyclic amines) is 1. The van der Waals surface area contributed by atoms with Gasteiger partial charge in [-0.1, -0.05) is 66.4 Å². The van der Waals surface area contributed by atoms with Crippen LogP contribution in [0.5, 0.6) is 0 Å². The van der Waals surface area contributed by atoms with Crippen LogP contribution in [0.4, 0.5) is 0 Å². The first kappa shape index (κ1) is 22.8. The topological polar surface area (TPSA) is 60.8 Å². The van der Waals surface area contributed by atoms with Crippen LogP contribution in [-0.4, -0.2) is 39.8 Å². The Labute approximate surface area is 195 Å². The number of hydrogen-bond donors (Lipinski definition) is 2. The molecule has 1 heterocycles. The summed E-state index contributed by atoms with van der Waals surface area (Å²) in [5, 5.41) is 19.7. The van der Waals surface area contributed by atoms with Crippen molar-refractivity contribution < 1.29 is 15.0 Å². The van der Waals surface area contributed by atoms with Gasteiger partial charge in [0.15, 0.2) is 0 Å². The fraction of sp³-hybridized carbons (Fsp3) is 0.276. The standard InChI is InChI=1S/C29H29NO3/c1-20-18-22(19-30-17-7-12-27(31)28(30)29(32)33)13-14-23(20)15-16-24-10-6-11-26(21(24)2)25-8-4-3-5-9-25/h3-6,8-11,13-14,18,27-28,31H,7,12,17,19H2,1-2H3,(H,32,33). The first-order valence-corrected chi connectivity index (χ1v) is 11.4. The third kappa shape index (κ3) is 5.17. The van der Waals surface area contributed by atoms with Crippen LogP contribution in [0, 0.1) is 25.7 Å². The fourth-order valence-electron chi connectivity index (χ4n) is 4.58. The van der Waals surface area contributed by atoms with Gasteiger partial charge < -0.3 is 10.2 Å². The van der Waals surface area contributed by atoms with Crippen LogP contribution < -0.4 is 0 Å². The minimum atomic E-state index is -0.963. The number of nitrogens with zero attached hydrogens (tertiary/aromatic N) is 1. The number of rotatable bonds is 4. The number of aryl methyl sites for hydroxylation is 1. The Hall–Kier alpha value is -3.39. The van der Waals surface area contributed by atoms with Crippen molar-refractivity contribution in [2.24, 2.45) is 0 Å². The van der Waals surface area contributed by atoms with Crippen LogP contribution in [0.3, 0.4) is 0 Å². The van der Waals surface area contributed by atoms with Crippen molar-refractivity contribution in [1.82, 2.24) is 4.90 Å². The predicted octanol–water partition coefficient (Wildman–Crippen LogP) is 4.78. The maximum absolute atomic E-state index is 11.6. The molecule has 2 N–H and O–H groups in total. The van der Waals surface area contributed by atoms with Gasteiger partial charge in [-0.2, -0.15) is 0 Å². The molecule has 33 heavy (non-hydrogen) atoms. The largest absolute Gasteiger partial charge is 0.480 e. The molecule has 2 atom stereocenters. The van der Waals surface area contributed by atoms with E-state index in [9.17, 15) is 15.0 Å². The molecule has 0 spiro atoms. The highest BCUT2D eigenvalue weighted by Gasteiger charge is 2.35. The number of aliphatic hydroxyl groups is 1. The molecule has 0 aromatic heterocycles. The Morgan fingerprint density at radius 2 is 1.76 bits per heavy atom. The van der Waals surface area contributed by atoms with Crippen molar-refractivity contribution in [2.45, 2.75) is 45.4 Å². The molecule has 4 nitrogen and oxygen atoms in total. The quantitative estimate of drug-likeness (QED) is 0.575. The zero-order valence-electron chi connectivity index (χ0n) is 19.1. The van der Waals surface area contributed by atoms with Crippen molar-refractivity contribution >= 4 is 5.97 Å². The molecule has 1 fully saturated rings. The van der Waals surface area contributed by atoms with Gasteiger partial charge in [0.1, 0.15) is 6.04 Å². The van der Waals surface area contributed by atoms with E-state index in [4.69, 9.17) is 0 Å². The molecule has 0 aliphatic carbocycles. The third-order valence-corrected chi connectivity index (χ3v) is 6.38. The second kappa shape index (κ2) is 10.0. The van der Waals surface area contributed by atoms with Crippen molar-refractivity contribution in [3.05, 3.63) is 94.5 Å².